The molecule has 21 heavy (non-hydrogen) atoms. The Morgan fingerprint density at radius 2 is 1.95 bits per heavy atom. The van der Waals surface area contributed by atoms with Gasteiger partial charge in [0.05, 0.1) is 11.5 Å². The molecule has 1 heterocycles. The molecule has 3 rings (SSSR count). The second-order valence-electron chi connectivity index (χ2n) is 4.80. The molecule has 2 aromatic carbocycles. The molecule has 0 aromatic heterocycles. The van der Waals surface area contributed by atoms with Crippen molar-refractivity contribution in [1.82, 2.24) is 0 Å². The van der Waals surface area contributed by atoms with Crippen LogP contribution >= 0.6 is 11.6 Å². The van der Waals surface area contributed by atoms with E-state index in [0.717, 1.165) is 5.56 Å². The lowest BCUT2D eigenvalue weighted by molar-refractivity contribution is 0.358. The summed E-state index contributed by atoms with van der Waals surface area (Å²) < 4.78 is 28.6. The van der Waals surface area contributed by atoms with Gasteiger partial charge in [-0.1, -0.05) is 11.6 Å². The van der Waals surface area contributed by atoms with Gasteiger partial charge in [-0.15, -0.1) is 0 Å². The highest BCUT2D eigenvalue weighted by molar-refractivity contribution is 7.89. The summed E-state index contributed by atoms with van der Waals surface area (Å²) in [5, 5.41) is 15.2. The molecule has 3 N–H and O–H groups in total. The predicted molar refractivity (Wildman–Crippen MR) is 79.1 cm³/mol. The first-order chi connectivity index (χ1) is 9.84. The van der Waals surface area contributed by atoms with Gasteiger partial charge in [-0.2, -0.15) is 0 Å². The van der Waals surface area contributed by atoms with E-state index in [4.69, 9.17) is 21.5 Å². The molecule has 0 aliphatic carbocycles. The van der Waals surface area contributed by atoms with Crippen LogP contribution in [-0.2, 0) is 16.4 Å². The van der Waals surface area contributed by atoms with Crippen LogP contribution in [0.15, 0.2) is 35.2 Å². The van der Waals surface area contributed by atoms with Crippen LogP contribution in [0, 0.1) is 0 Å². The van der Waals surface area contributed by atoms with Crippen LogP contribution in [0.5, 0.6) is 11.5 Å². The van der Waals surface area contributed by atoms with Gasteiger partial charge in [0.1, 0.15) is 11.5 Å². The predicted octanol–water partition coefficient (Wildman–Crippen LogP) is 2.29. The normalized spacial score (nSPS) is 13.8. The topological polar surface area (TPSA) is 89.6 Å². The highest BCUT2D eigenvalue weighted by atomic mass is 35.5. The van der Waals surface area contributed by atoms with Crippen molar-refractivity contribution in [2.45, 2.75) is 11.3 Å². The first-order valence-corrected chi connectivity index (χ1v) is 8.09. The van der Waals surface area contributed by atoms with Crippen LogP contribution in [0.2, 0.25) is 5.02 Å². The van der Waals surface area contributed by atoms with Gasteiger partial charge in [-0.05, 0) is 35.9 Å². The third-order valence-corrected chi connectivity index (χ3v) is 4.39. The number of rotatable bonds is 2. The van der Waals surface area contributed by atoms with Crippen molar-refractivity contribution >= 4 is 21.6 Å². The number of benzene rings is 2. The summed E-state index contributed by atoms with van der Waals surface area (Å²) in [6, 6.07) is 7.45. The van der Waals surface area contributed by atoms with Gasteiger partial charge < -0.3 is 9.84 Å². The van der Waals surface area contributed by atoms with Crippen LogP contribution < -0.4 is 9.88 Å². The third-order valence-electron chi connectivity index (χ3n) is 3.28. The van der Waals surface area contributed by atoms with Crippen LogP contribution in [0.25, 0.3) is 11.1 Å². The van der Waals surface area contributed by atoms with Crippen molar-refractivity contribution in [3.05, 3.63) is 40.9 Å². The number of hydrogen-bond acceptors (Lipinski definition) is 4. The number of phenolic OH excluding ortho intramolecular Hbond substituents is 1. The summed E-state index contributed by atoms with van der Waals surface area (Å²) in [5.74, 6) is 0.724. The molecular formula is C14H12ClNO4S. The number of nitrogens with two attached hydrogens (primary N) is 1. The molecular weight excluding hydrogens is 314 g/mol. The average Bonchev–Trinajstić information content (AvgIpc) is 2.83. The fraction of sp³-hybridized carbons (Fsp3) is 0.143. The van der Waals surface area contributed by atoms with Crippen LogP contribution in [0.4, 0.5) is 0 Å². The number of primary sulfonamides is 1. The van der Waals surface area contributed by atoms with Gasteiger partial charge in [0, 0.05) is 22.6 Å². The van der Waals surface area contributed by atoms with E-state index in [-0.39, 0.29) is 15.7 Å². The molecule has 110 valence electrons. The molecule has 7 heteroatoms. The lowest BCUT2D eigenvalue weighted by atomic mass is 10.0. The fourth-order valence-electron chi connectivity index (χ4n) is 2.39. The number of ether oxygens (including phenoxy) is 1. The zero-order valence-electron chi connectivity index (χ0n) is 10.8. The molecule has 0 bridgehead atoms. The minimum Gasteiger partial charge on any atom is -0.508 e. The molecule has 0 saturated carbocycles. The molecule has 2 aromatic rings. The van der Waals surface area contributed by atoms with Crippen LogP contribution in [0.1, 0.15) is 5.56 Å². The molecule has 0 unspecified atom stereocenters. The second-order valence-corrected chi connectivity index (χ2v) is 6.80. The van der Waals surface area contributed by atoms with E-state index in [1.807, 2.05) is 0 Å². The quantitative estimate of drug-likeness (QED) is 0.886. The van der Waals surface area contributed by atoms with E-state index < -0.39 is 10.0 Å². The summed E-state index contributed by atoms with van der Waals surface area (Å²) in [6.07, 6.45) is 0.694. The number of fused-ring (bicyclic) bond motifs is 1. The zero-order chi connectivity index (χ0) is 15.2. The Kier molecular flexibility index (Phi) is 3.32. The Bertz CT molecular complexity index is 833. The first-order valence-electron chi connectivity index (χ1n) is 6.17. The van der Waals surface area contributed by atoms with Gasteiger partial charge in [0.25, 0.3) is 0 Å². The molecule has 0 fully saturated rings. The minimum absolute atomic E-state index is 0.0833. The maximum absolute atomic E-state index is 11.5. The smallest absolute Gasteiger partial charge is 0.238 e. The SMILES string of the molecule is NS(=O)(=O)c1cc(Cl)cc(-c2cc(O)cc3c2OCC3)c1. The van der Waals surface area contributed by atoms with Crippen molar-refractivity contribution in [2.24, 2.45) is 5.14 Å². The van der Waals surface area contributed by atoms with Crippen molar-refractivity contribution < 1.29 is 18.3 Å². The summed E-state index contributed by atoms with van der Waals surface area (Å²) >= 11 is 5.97. The molecule has 0 spiro atoms. The number of hydrogen-bond donors (Lipinski definition) is 2. The van der Waals surface area contributed by atoms with Gasteiger partial charge in [-0.3, -0.25) is 0 Å². The van der Waals surface area contributed by atoms with Gasteiger partial charge in [-0.25, -0.2) is 13.6 Å². The summed E-state index contributed by atoms with van der Waals surface area (Å²) in [6.45, 7) is 0.522. The van der Waals surface area contributed by atoms with E-state index in [9.17, 15) is 13.5 Å². The van der Waals surface area contributed by atoms with E-state index in [0.29, 0.717) is 29.9 Å². The standard InChI is InChI=1S/C14H12ClNO4S/c15-10-3-9(5-12(6-10)21(16,18)19)13-7-11(17)4-8-1-2-20-14(8)13/h3-7,17H,1-2H2,(H2,16,18,19). The maximum atomic E-state index is 11.5. The van der Waals surface area contributed by atoms with E-state index in [1.165, 1.54) is 18.2 Å². The van der Waals surface area contributed by atoms with Crippen molar-refractivity contribution in [2.75, 3.05) is 6.61 Å². The second kappa shape index (κ2) is 4.91. The van der Waals surface area contributed by atoms with Crippen LogP contribution in [0.3, 0.4) is 0 Å². The highest BCUT2D eigenvalue weighted by Gasteiger charge is 2.20. The van der Waals surface area contributed by atoms with Crippen molar-refractivity contribution in [1.29, 1.82) is 0 Å². The first kappa shape index (κ1) is 14.2. The third kappa shape index (κ3) is 2.70. The Morgan fingerprint density at radius 3 is 2.67 bits per heavy atom. The highest BCUT2D eigenvalue weighted by Crippen LogP contribution is 2.41. The number of halogens is 1. The molecule has 5 nitrogen and oxygen atoms in total. The summed E-state index contributed by atoms with van der Waals surface area (Å²) in [5.41, 5.74) is 2.00. The molecule has 0 saturated heterocycles. The fourth-order valence-corrected chi connectivity index (χ4v) is 3.27. The van der Waals surface area contributed by atoms with Gasteiger partial charge >= 0.3 is 0 Å². The molecule has 0 atom stereocenters. The number of aromatic hydroxyl groups is 1. The Labute approximate surface area is 127 Å². The molecule has 0 radical (unpaired) electrons. The largest absolute Gasteiger partial charge is 0.508 e. The number of phenols is 1. The lowest BCUT2D eigenvalue weighted by Crippen LogP contribution is -2.12. The Morgan fingerprint density at radius 1 is 1.19 bits per heavy atom. The average molecular weight is 326 g/mol. The Balaban J connectivity index is 2.25. The molecule has 1 aliphatic rings. The number of sulfonamides is 1. The van der Waals surface area contributed by atoms with Gasteiger partial charge in [0.2, 0.25) is 10.0 Å². The Hall–Kier alpha value is -1.76. The van der Waals surface area contributed by atoms with Gasteiger partial charge in [0.15, 0.2) is 0 Å². The monoisotopic (exact) mass is 325 g/mol. The lowest BCUT2D eigenvalue weighted by Gasteiger charge is -2.11. The van der Waals surface area contributed by atoms with E-state index >= 15 is 0 Å². The maximum Gasteiger partial charge on any atom is 0.238 e. The van der Waals surface area contributed by atoms with Crippen molar-refractivity contribution in [3.63, 3.8) is 0 Å². The van der Waals surface area contributed by atoms with E-state index in [2.05, 4.69) is 0 Å². The summed E-state index contributed by atoms with van der Waals surface area (Å²) in [4.78, 5) is -0.0833. The molecule has 1 aliphatic heterocycles. The molecule has 0 amide bonds. The van der Waals surface area contributed by atoms with Crippen LogP contribution in [-0.4, -0.2) is 20.1 Å². The van der Waals surface area contributed by atoms with Crippen molar-refractivity contribution in [3.8, 4) is 22.6 Å². The zero-order valence-corrected chi connectivity index (χ0v) is 12.4. The minimum atomic E-state index is -3.87. The van der Waals surface area contributed by atoms with E-state index in [1.54, 1.807) is 12.1 Å². The summed E-state index contributed by atoms with van der Waals surface area (Å²) in [7, 11) is -3.87.